The molecule has 1 saturated heterocycles. The molecular weight excluding hydrogens is 134 g/mol. The van der Waals surface area contributed by atoms with Gasteiger partial charge in [-0.15, -0.1) is 0 Å². The minimum absolute atomic E-state index is 0.503. The molecule has 0 atom stereocenters. The van der Waals surface area contributed by atoms with E-state index in [1.807, 2.05) is 7.05 Å². The lowest BCUT2D eigenvalue weighted by Crippen LogP contribution is -2.32. The first-order valence-electron chi connectivity index (χ1n) is 3.35. The topological polar surface area (TPSA) is 29.1 Å². The molecule has 0 spiro atoms. The van der Waals surface area contributed by atoms with Gasteiger partial charge < -0.3 is 5.32 Å². The van der Waals surface area contributed by atoms with Crippen LogP contribution in [0, 0.1) is 0 Å². The van der Waals surface area contributed by atoms with Gasteiger partial charge in [0.05, 0.1) is 0 Å². The van der Waals surface area contributed by atoms with E-state index in [2.05, 4.69) is 5.32 Å². The molecule has 0 aliphatic carbocycles. The Balaban J connectivity index is 2.26. The van der Waals surface area contributed by atoms with Crippen LogP contribution in [0.3, 0.4) is 0 Å². The highest BCUT2D eigenvalue weighted by Gasteiger charge is 2.14. The van der Waals surface area contributed by atoms with Gasteiger partial charge in [-0.05, 0) is 19.9 Å². The molecule has 1 heterocycles. The maximum atomic E-state index is 10.8. The van der Waals surface area contributed by atoms with E-state index < -0.39 is 10.8 Å². The first-order chi connectivity index (χ1) is 4.33. The normalized spacial score (nSPS) is 36.6. The number of hydrogen-bond donors (Lipinski definition) is 1. The van der Waals surface area contributed by atoms with Gasteiger partial charge in [-0.3, -0.25) is 4.21 Å². The summed E-state index contributed by atoms with van der Waals surface area (Å²) in [7, 11) is 1.47. The van der Waals surface area contributed by atoms with Gasteiger partial charge in [0.1, 0.15) is 0 Å². The number of nitrogens with one attached hydrogen (secondary N) is 1. The van der Waals surface area contributed by atoms with Crippen LogP contribution in [-0.4, -0.2) is 28.8 Å². The average Bonchev–Trinajstić information content (AvgIpc) is 1.90. The monoisotopic (exact) mass is 147 g/mol. The molecule has 0 aromatic heterocycles. The summed E-state index contributed by atoms with van der Waals surface area (Å²) in [6.07, 6.45) is 2.17. The Hall–Kier alpha value is 0.110. The standard InChI is InChI=1S/C6H13NOS/c1-7-6-2-4-9(8)5-3-6/h6-7H,2-5H2,1H3. The molecule has 1 aliphatic rings. The molecule has 1 rings (SSSR count). The molecule has 0 saturated carbocycles. The van der Waals surface area contributed by atoms with Crippen molar-refractivity contribution >= 4 is 10.8 Å². The van der Waals surface area contributed by atoms with E-state index in [1.165, 1.54) is 0 Å². The van der Waals surface area contributed by atoms with Crippen molar-refractivity contribution < 1.29 is 4.21 Å². The van der Waals surface area contributed by atoms with Crippen molar-refractivity contribution in [2.24, 2.45) is 0 Å². The van der Waals surface area contributed by atoms with Crippen LogP contribution in [0.15, 0.2) is 0 Å². The molecule has 1 fully saturated rings. The molecule has 0 aromatic rings. The summed E-state index contributed by atoms with van der Waals surface area (Å²) in [5.41, 5.74) is 0. The minimum Gasteiger partial charge on any atom is -0.317 e. The SMILES string of the molecule is CNC1CCS(=O)CC1. The molecule has 2 nitrogen and oxygen atoms in total. The second-order valence-electron chi connectivity index (χ2n) is 2.41. The fourth-order valence-corrected chi connectivity index (χ4v) is 2.38. The largest absolute Gasteiger partial charge is 0.317 e. The second-order valence-corrected chi connectivity index (χ2v) is 4.11. The van der Waals surface area contributed by atoms with Crippen LogP contribution in [0.4, 0.5) is 0 Å². The average molecular weight is 147 g/mol. The van der Waals surface area contributed by atoms with E-state index in [9.17, 15) is 4.21 Å². The molecule has 54 valence electrons. The maximum absolute atomic E-state index is 10.8. The van der Waals surface area contributed by atoms with Gasteiger partial charge in [0.2, 0.25) is 0 Å². The first-order valence-corrected chi connectivity index (χ1v) is 4.84. The summed E-state index contributed by atoms with van der Waals surface area (Å²) in [6.45, 7) is 0. The number of rotatable bonds is 1. The van der Waals surface area contributed by atoms with Gasteiger partial charge in [0.25, 0.3) is 0 Å². The Labute approximate surface area is 58.5 Å². The van der Waals surface area contributed by atoms with Crippen molar-refractivity contribution in [2.75, 3.05) is 18.6 Å². The van der Waals surface area contributed by atoms with Crippen LogP contribution in [0.1, 0.15) is 12.8 Å². The highest BCUT2D eigenvalue weighted by Crippen LogP contribution is 2.07. The highest BCUT2D eigenvalue weighted by molar-refractivity contribution is 7.85. The lowest BCUT2D eigenvalue weighted by molar-refractivity contribution is 0.517. The van der Waals surface area contributed by atoms with Gasteiger partial charge in [0, 0.05) is 28.3 Å². The quantitative estimate of drug-likeness (QED) is 0.570. The summed E-state index contributed by atoms with van der Waals surface area (Å²) in [6, 6.07) is 0.628. The molecule has 0 amide bonds. The lowest BCUT2D eigenvalue weighted by atomic mass is 10.2. The maximum Gasteiger partial charge on any atom is 0.0249 e. The third kappa shape index (κ3) is 2.06. The van der Waals surface area contributed by atoms with E-state index in [4.69, 9.17) is 0 Å². The van der Waals surface area contributed by atoms with Crippen molar-refractivity contribution in [3.8, 4) is 0 Å². The zero-order valence-corrected chi connectivity index (χ0v) is 6.54. The Morgan fingerprint density at radius 1 is 1.44 bits per heavy atom. The molecule has 0 unspecified atom stereocenters. The van der Waals surface area contributed by atoms with Crippen LogP contribution in [0.5, 0.6) is 0 Å². The van der Waals surface area contributed by atoms with Crippen molar-refractivity contribution in [2.45, 2.75) is 18.9 Å². The predicted octanol–water partition coefficient (Wildman–Crippen LogP) is 0.117. The van der Waals surface area contributed by atoms with Crippen LogP contribution < -0.4 is 5.32 Å². The fraction of sp³-hybridized carbons (Fsp3) is 1.00. The van der Waals surface area contributed by atoms with E-state index in [0.717, 1.165) is 24.3 Å². The van der Waals surface area contributed by atoms with Gasteiger partial charge in [-0.25, -0.2) is 0 Å². The van der Waals surface area contributed by atoms with Crippen molar-refractivity contribution in [3.05, 3.63) is 0 Å². The van der Waals surface area contributed by atoms with E-state index in [0.29, 0.717) is 6.04 Å². The molecule has 9 heavy (non-hydrogen) atoms. The second kappa shape index (κ2) is 3.32. The molecule has 1 aliphatic heterocycles. The Kier molecular flexibility index (Phi) is 2.66. The summed E-state index contributed by atoms with van der Waals surface area (Å²) < 4.78 is 10.8. The lowest BCUT2D eigenvalue weighted by Gasteiger charge is -2.19. The summed E-state index contributed by atoms with van der Waals surface area (Å²) in [4.78, 5) is 0. The van der Waals surface area contributed by atoms with Crippen LogP contribution in [0.25, 0.3) is 0 Å². The van der Waals surface area contributed by atoms with Crippen LogP contribution in [-0.2, 0) is 10.8 Å². The first kappa shape index (κ1) is 7.22. The van der Waals surface area contributed by atoms with Gasteiger partial charge >= 0.3 is 0 Å². The van der Waals surface area contributed by atoms with Crippen molar-refractivity contribution in [3.63, 3.8) is 0 Å². The van der Waals surface area contributed by atoms with E-state index in [1.54, 1.807) is 0 Å². The van der Waals surface area contributed by atoms with Gasteiger partial charge in [-0.1, -0.05) is 0 Å². The van der Waals surface area contributed by atoms with Crippen LogP contribution >= 0.6 is 0 Å². The zero-order chi connectivity index (χ0) is 6.69. The molecule has 0 bridgehead atoms. The predicted molar refractivity (Wildman–Crippen MR) is 40.0 cm³/mol. The van der Waals surface area contributed by atoms with Crippen LogP contribution in [0.2, 0.25) is 0 Å². The molecular formula is C6H13NOS. The van der Waals surface area contributed by atoms with E-state index in [-0.39, 0.29) is 0 Å². The Morgan fingerprint density at radius 2 is 2.00 bits per heavy atom. The summed E-state index contributed by atoms with van der Waals surface area (Å²) in [5, 5.41) is 3.19. The minimum atomic E-state index is -0.503. The fourth-order valence-electron chi connectivity index (χ4n) is 1.08. The summed E-state index contributed by atoms with van der Waals surface area (Å²) >= 11 is 0. The van der Waals surface area contributed by atoms with E-state index >= 15 is 0 Å². The third-order valence-corrected chi connectivity index (χ3v) is 3.18. The molecule has 0 aromatic carbocycles. The van der Waals surface area contributed by atoms with Gasteiger partial charge in [-0.2, -0.15) is 0 Å². The van der Waals surface area contributed by atoms with Crippen molar-refractivity contribution in [1.29, 1.82) is 0 Å². The third-order valence-electron chi connectivity index (χ3n) is 1.80. The molecule has 1 N–H and O–H groups in total. The van der Waals surface area contributed by atoms with Gasteiger partial charge in [0.15, 0.2) is 0 Å². The number of hydrogen-bond acceptors (Lipinski definition) is 2. The smallest absolute Gasteiger partial charge is 0.0249 e. The Morgan fingerprint density at radius 3 is 2.44 bits per heavy atom. The van der Waals surface area contributed by atoms with Crippen molar-refractivity contribution in [1.82, 2.24) is 5.32 Å². The Bertz CT molecular complexity index is 106. The molecule has 0 radical (unpaired) electrons. The summed E-state index contributed by atoms with van der Waals surface area (Å²) in [5.74, 6) is 1.79. The molecule has 3 heteroatoms. The highest BCUT2D eigenvalue weighted by atomic mass is 32.2. The zero-order valence-electron chi connectivity index (χ0n) is 5.72.